The molecule has 13 heteroatoms. The van der Waals surface area contributed by atoms with Crippen LogP contribution in [0, 0.1) is 0 Å². The maximum Gasteiger partial charge on any atom is 0.328 e. The fourth-order valence-corrected chi connectivity index (χ4v) is 5.80. The maximum atomic E-state index is 12.2. The smallest absolute Gasteiger partial charge is 0.328 e. The molecule has 0 radical (unpaired) electrons. The largest absolute Gasteiger partial charge is 0.478 e. The third-order valence-electron chi connectivity index (χ3n) is 4.92. The molecule has 0 aliphatic carbocycles. The van der Waals surface area contributed by atoms with Crippen molar-refractivity contribution in [1.29, 1.82) is 0 Å². The maximum absolute atomic E-state index is 12.2. The van der Waals surface area contributed by atoms with Crippen LogP contribution in [0.3, 0.4) is 0 Å². The Morgan fingerprint density at radius 3 is 1.51 bits per heavy atom. The Morgan fingerprint density at radius 1 is 0.651 bits per heavy atom. The molecule has 0 aliphatic rings. The fraction of sp³-hybridized carbons (Fsp3) is 0. The normalized spacial score (nSPS) is 10.7. The Balaban J connectivity index is 0.000000264. The SMILES string of the molecule is C=CC(=O)O.O=C(O)/C=C/c1cccc(S(=O)(=O)Nc2ccccc2)c1.O=S(=O)(Nc1ccccc1)c1cccc(Br)c1. The van der Waals surface area contributed by atoms with Gasteiger partial charge in [0.15, 0.2) is 0 Å². The summed E-state index contributed by atoms with van der Waals surface area (Å²) in [5.74, 6) is -2.07. The van der Waals surface area contributed by atoms with Crippen LogP contribution in [0.2, 0.25) is 0 Å². The van der Waals surface area contributed by atoms with E-state index < -0.39 is 32.0 Å². The molecule has 4 aromatic carbocycles. The van der Waals surface area contributed by atoms with Gasteiger partial charge < -0.3 is 10.2 Å². The number of carboxylic acids is 2. The van der Waals surface area contributed by atoms with Gasteiger partial charge in [-0.1, -0.05) is 77.1 Å². The molecule has 0 amide bonds. The molecular weight excluding hydrogens is 660 g/mol. The number of hydrogen-bond acceptors (Lipinski definition) is 6. The number of rotatable bonds is 9. The summed E-state index contributed by atoms with van der Waals surface area (Å²) in [6.07, 6.45) is 3.13. The van der Waals surface area contributed by atoms with Crippen LogP contribution in [0.4, 0.5) is 11.4 Å². The first kappa shape index (κ1) is 34.5. The summed E-state index contributed by atoms with van der Waals surface area (Å²) in [5, 5.41) is 16.2. The Kier molecular flexibility index (Phi) is 13.4. The highest BCUT2D eigenvalue weighted by Crippen LogP contribution is 2.20. The number of benzene rings is 4. The number of carbonyl (C=O) groups is 2. The van der Waals surface area contributed by atoms with E-state index in [0.717, 1.165) is 16.6 Å². The number of hydrogen-bond donors (Lipinski definition) is 4. The lowest BCUT2D eigenvalue weighted by Crippen LogP contribution is -2.12. The molecule has 224 valence electrons. The highest BCUT2D eigenvalue weighted by molar-refractivity contribution is 9.10. The summed E-state index contributed by atoms with van der Waals surface area (Å²) >= 11 is 3.25. The number of carboxylic acid groups (broad SMARTS) is 2. The third kappa shape index (κ3) is 12.8. The average molecular weight is 688 g/mol. The van der Waals surface area contributed by atoms with E-state index in [2.05, 4.69) is 32.0 Å². The predicted octanol–water partition coefficient (Wildman–Crippen LogP) is 6.09. The van der Waals surface area contributed by atoms with E-state index in [1.807, 2.05) is 6.07 Å². The molecule has 0 saturated carbocycles. The summed E-state index contributed by atoms with van der Waals surface area (Å²) in [6, 6.07) is 29.9. The quantitative estimate of drug-likeness (QED) is 0.153. The fourth-order valence-electron chi connectivity index (χ4n) is 3.03. The molecule has 0 unspecified atom stereocenters. The first-order chi connectivity index (χ1) is 20.3. The van der Waals surface area contributed by atoms with E-state index in [-0.39, 0.29) is 9.79 Å². The predicted molar refractivity (Wildman–Crippen MR) is 170 cm³/mol. The van der Waals surface area contributed by atoms with Crippen LogP contribution in [-0.4, -0.2) is 39.0 Å². The third-order valence-corrected chi connectivity index (χ3v) is 8.17. The Bertz CT molecular complexity index is 1780. The Labute approximate surface area is 258 Å². The van der Waals surface area contributed by atoms with Gasteiger partial charge in [-0.15, -0.1) is 0 Å². The van der Waals surface area contributed by atoms with Crippen molar-refractivity contribution in [2.24, 2.45) is 0 Å². The van der Waals surface area contributed by atoms with Gasteiger partial charge in [-0.3, -0.25) is 9.44 Å². The zero-order valence-electron chi connectivity index (χ0n) is 22.4. The van der Waals surface area contributed by atoms with Crippen molar-refractivity contribution >= 4 is 65.4 Å². The van der Waals surface area contributed by atoms with Crippen LogP contribution in [0.5, 0.6) is 0 Å². The van der Waals surface area contributed by atoms with Crippen LogP contribution >= 0.6 is 15.9 Å². The topological polar surface area (TPSA) is 167 Å². The van der Waals surface area contributed by atoms with E-state index in [1.54, 1.807) is 91.0 Å². The molecule has 4 N–H and O–H groups in total. The average Bonchev–Trinajstić information content (AvgIpc) is 2.97. The summed E-state index contributed by atoms with van der Waals surface area (Å²) in [5.41, 5.74) is 1.50. The van der Waals surface area contributed by atoms with Gasteiger partial charge >= 0.3 is 11.9 Å². The summed E-state index contributed by atoms with van der Waals surface area (Å²) in [6.45, 7) is 2.96. The standard InChI is InChI=1S/C15H13NO4S.C12H10BrNO2S.C3H4O2/c17-15(18)10-9-12-5-4-8-14(11-12)21(19,20)16-13-6-2-1-3-7-13;13-10-5-4-8-12(9-10)17(15,16)14-11-6-2-1-3-7-11;1-2-3(4)5/h1-11,16H,(H,17,18);1-9,14H;2H,1H2,(H,4,5)/b10-9+;;. The number of aliphatic carboxylic acids is 2. The minimum atomic E-state index is -3.71. The molecule has 0 fully saturated rings. The highest BCUT2D eigenvalue weighted by Gasteiger charge is 2.15. The van der Waals surface area contributed by atoms with Gasteiger partial charge in [0.25, 0.3) is 20.0 Å². The van der Waals surface area contributed by atoms with Crippen molar-refractivity contribution in [3.8, 4) is 0 Å². The first-order valence-corrected chi connectivity index (χ1v) is 15.9. The second-order valence-corrected chi connectivity index (χ2v) is 12.5. The molecule has 4 aromatic rings. The summed E-state index contributed by atoms with van der Waals surface area (Å²) < 4.78 is 54.2. The second kappa shape index (κ2) is 16.7. The number of sulfonamides is 2. The van der Waals surface area contributed by atoms with Crippen molar-refractivity contribution in [1.82, 2.24) is 0 Å². The molecule has 0 saturated heterocycles. The van der Waals surface area contributed by atoms with Gasteiger partial charge in [-0.05, 0) is 66.2 Å². The molecule has 0 aliphatic heterocycles. The van der Waals surface area contributed by atoms with Crippen molar-refractivity contribution in [2.75, 3.05) is 9.44 Å². The molecule has 0 aromatic heterocycles. The minimum Gasteiger partial charge on any atom is -0.478 e. The minimum absolute atomic E-state index is 0.0684. The molecule has 4 rings (SSSR count). The lowest BCUT2D eigenvalue weighted by molar-refractivity contribution is -0.132. The highest BCUT2D eigenvalue weighted by atomic mass is 79.9. The monoisotopic (exact) mass is 686 g/mol. The molecule has 0 bridgehead atoms. The van der Waals surface area contributed by atoms with Crippen molar-refractivity contribution in [2.45, 2.75) is 9.79 Å². The van der Waals surface area contributed by atoms with E-state index in [4.69, 9.17) is 10.2 Å². The lowest BCUT2D eigenvalue weighted by atomic mass is 10.2. The number of para-hydroxylation sites is 2. The van der Waals surface area contributed by atoms with E-state index in [9.17, 15) is 26.4 Å². The molecular formula is C30H27BrN2O8S2. The van der Waals surface area contributed by atoms with Gasteiger partial charge in [0.1, 0.15) is 0 Å². The number of halogens is 1. The molecule has 0 atom stereocenters. The van der Waals surface area contributed by atoms with Gasteiger partial charge in [0.05, 0.1) is 9.79 Å². The molecule has 0 spiro atoms. The second-order valence-electron chi connectivity index (χ2n) is 8.19. The summed E-state index contributed by atoms with van der Waals surface area (Å²) in [4.78, 5) is 20.0. The Hall–Kier alpha value is -4.72. The molecule has 43 heavy (non-hydrogen) atoms. The first-order valence-electron chi connectivity index (χ1n) is 12.1. The van der Waals surface area contributed by atoms with Gasteiger partial charge in [-0.25, -0.2) is 26.4 Å². The van der Waals surface area contributed by atoms with E-state index >= 15 is 0 Å². The van der Waals surface area contributed by atoms with E-state index in [1.165, 1.54) is 18.2 Å². The van der Waals surface area contributed by atoms with Crippen LogP contribution in [0.25, 0.3) is 6.08 Å². The van der Waals surface area contributed by atoms with Crippen LogP contribution in [0.1, 0.15) is 5.56 Å². The van der Waals surface area contributed by atoms with Crippen LogP contribution < -0.4 is 9.44 Å². The number of nitrogens with one attached hydrogen (secondary N) is 2. The van der Waals surface area contributed by atoms with Crippen molar-refractivity contribution in [3.63, 3.8) is 0 Å². The van der Waals surface area contributed by atoms with Crippen LogP contribution in [-0.2, 0) is 29.6 Å². The van der Waals surface area contributed by atoms with Gasteiger partial charge in [-0.2, -0.15) is 0 Å². The Morgan fingerprint density at radius 2 is 1.09 bits per heavy atom. The van der Waals surface area contributed by atoms with Gasteiger partial charge in [0.2, 0.25) is 0 Å². The van der Waals surface area contributed by atoms with Crippen LogP contribution in [0.15, 0.2) is 142 Å². The molecule has 10 nitrogen and oxygen atoms in total. The molecule has 0 heterocycles. The zero-order chi connectivity index (χ0) is 31.9. The van der Waals surface area contributed by atoms with E-state index in [0.29, 0.717) is 16.9 Å². The van der Waals surface area contributed by atoms with Gasteiger partial charge in [0, 0.05) is 28.0 Å². The zero-order valence-corrected chi connectivity index (χ0v) is 25.6. The van der Waals surface area contributed by atoms with Crippen molar-refractivity contribution < 1.29 is 36.6 Å². The lowest BCUT2D eigenvalue weighted by Gasteiger charge is -2.08. The number of anilines is 2. The summed E-state index contributed by atoms with van der Waals surface area (Å²) in [7, 11) is -7.22. The van der Waals surface area contributed by atoms with Crippen molar-refractivity contribution in [3.05, 3.63) is 138 Å².